The minimum atomic E-state index is -0.843. The first kappa shape index (κ1) is 23.7. The smallest absolute Gasteiger partial charge is 0.303 e. The van der Waals surface area contributed by atoms with Gasteiger partial charge in [0.2, 0.25) is 5.79 Å². The summed E-state index contributed by atoms with van der Waals surface area (Å²) in [4.78, 5) is 23.4. The molecule has 0 aromatic heterocycles. The van der Waals surface area contributed by atoms with Crippen LogP contribution in [0.2, 0.25) is 0 Å². The normalized spacial score (nSPS) is 42.9. The number of carbonyl (C=O) groups is 1. The summed E-state index contributed by atoms with van der Waals surface area (Å²) in [5.41, 5.74) is 0.293. The molecule has 1 saturated carbocycles. The number of carboxylic acids is 1. The van der Waals surface area contributed by atoms with Crippen LogP contribution >= 0.6 is 15.9 Å². The predicted molar refractivity (Wildman–Crippen MR) is 122 cm³/mol. The Morgan fingerprint density at radius 2 is 1.94 bits per heavy atom. The third-order valence-electron chi connectivity index (χ3n) is 8.26. The van der Waals surface area contributed by atoms with Gasteiger partial charge in [-0.25, -0.2) is 9.78 Å². The Balaban J connectivity index is 1.43. The summed E-state index contributed by atoms with van der Waals surface area (Å²) in [6.07, 6.45) is 2.71. The van der Waals surface area contributed by atoms with Crippen molar-refractivity contribution in [3.8, 4) is 0 Å². The molecule has 2 unspecified atom stereocenters. The summed E-state index contributed by atoms with van der Waals surface area (Å²) in [5, 5.41) is 9.29. The Hall–Kier alpha value is -1.03. The molecular formula is C25H33BrO7. The minimum Gasteiger partial charge on any atom is -0.481 e. The molecule has 8 heteroatoms. The molecule has 182 valence electrons. The van der Waals surface area contributed by atoms with E-state index in [0.717, 1.165) is 35.7 Å². The van der Waals surface area contributed by atoms with Crippen LogP contribution in [0.3, 0.4) is 0 Å². The fourth-order valence-corrected chi connectivity index (χ4v) is 6.70. The third-order valence-corrected chi connectivity index (χ3v) is 8.79. The van der Waals surface area contributed by atoms with Gasteiger partial charge in [-0.2, -0.15) is 0 Å². The van der Waals surface area contributed by atoms with Crippen LogP contribution in [0.5, 0.6) is 0 Å². The van der Waals surface area contributed by atoms with E-state index in [1.165, 1.54) is 0 Å². The zero-order valence-electron chi connectivity index (χ0n) is 19.4. The number of carboxylic acid groups (broad SMARTS) is 1. The van der Waals surface area contributed by atoms with E-state index < -0.39 is 36.0 Å². The molecule has 1 spiro atoms. The van der Waals surface area contributed by atoms with Crippen molar-refractivity contribution in [3.63, 3.8) is 0 Å². The zero-order valence-corrected chi connectivity index (χ0v) is 21.0. The van der Waals surface area contributed by atoms with Gasteiger partial charge in [0.1, 0.15) is 0 Å². The second-order valence-corrected chi connectivity index (χ2v) is 11.3. The number of rotatable bonds is 6. The van der Waals surface area contributed by atoms with Gasteiger partial charge in [0.15, 0.2) is 18.2 Å². The maximum Gasteiger partial charge on any atom is 0.303 e. The van der Waals surface area contributed by atoms with Crippen molar-refractivity contribution in [2.24, 2.45) is 23.7 Å². The van der Waals surface area contributed by atoms with Gasteiger partial charge in [0, 0.05) is 29.2 Å². The van der Waals surface area contributed by atoms with E-state index in [1.54, 1.807) is 0 Å². The highest BCUT2D eigenvalue weighted by Crippen LogP contribution is 2.60. The second-order valence-electron chi connectivity index (χ2n) is 10.4. The van der Waals surface area contributed by atoms with Crippen LogP contribution in [0.1, 0.15) is 71.0 Å². The number of aliphatic carboxylic acids is 1. The fourth-order valence-electron chi connectivity index (χ4n) is 6.43. The van der Waals surface area contributed by atoms with Gasteiger partial charge in [-0.1, -0.05) is 41.9 Å². The van der Waals surface area contributed by atoms with Crippen molar-refractivity contribution in [3.05, 3.63) is 34.3 Å². The molecule has 2 bridgehead atoms. The third kappa shape index (κ3) is 4.17. The molecule has 9 atom stereocenters. The van der Waals surface area contributed by atoms with Gasteiger partial charge < -0.3 is 19.3 Å². The van der Waals surface area contributed by atoms with Gasteiger partial charge in [-0.15, -0.1) is 0 Å². The quantitative estimate of drug-likeness (QED) is 0.486. The summed E-state index contributed by atoms with van der Waals surface area (Å²) in [6, 6.07) is 7.82. The number of hydrogen-bond acceptors (Lipinski definition) is 6. The molecule has 5 aliphatic rings. The number of ether oxygens (including phenoxy) is 3. The molecular weight excluding hydrogens is 492 g/mol. The second kappa shape index (κ2) is 8.88. The summed E-state index contributed by atoms with van der Waals surface area (Å²) < 4.78 is 20.5. The predicted octanol–water partition coefficient (Wildman–Crippen LogP) is 5.58. The summed E-state index contributed by atoms with van der Waals surface area (Å²) in [5.74, 6) is -0.691. The van der Waals surface area contributed by atoms with Gasteiger partial charge in [-0.05, 0) is 62.1 Å². The van der Waals surface area contributed by atoms with Crippen molar-refractivity contribution in [1.82, 2.24) is 0 Å². The Kier molecular flexibility index (Phi) is 6.38. The maximum atomic E-state index is 11.3. The summed E-state index contributed by atoms with van der Waals surface area (Å²) in [7, 11) is 0. The molecule has 4 saturated heterocycles. The molecule has 0 amide bonds. The van der Waals surface area contributed by atoms with E-state index >= 15 is 0 Å². The molecule has 6 rings (SSSR count). The van der Waals surface area contributed by atoms with Gasteiger partial charge >= 0.3 is 5.97 Å². The first-order chi connectivity index (χ1) is 15.7. The van der Waals surface area contributed by atoms with E-state index in [2.05, 4.69) is 29.8 Å². The van der Waals surface area contributed by atoms with E-state index in [4.69, 9.17) is 24.0 Å². The maximum absolute atomic E-state index is 11.3. The van der Waals surface area contributed by atoms with E-state index in [1.807, 2.05) is 31.2 Å². The number of hydrogen-bond donors (Lipinski definition) is 1. The Bertz CT molecular complexity index is 878. The lowest BCUT2D eigenvalue weighted by Crippen LogP contribution is -2.70. The highest BCUT2D eigenvalue weighted by molar-refractivity contribution is 9.10. The van der Waals surface area contributed by atoms with Crippen LogP contribution in [0.15, 0.2) is 28.7 Å². The summed E-state index contributed by atoms with van der Waals surface area (Å²) in [6.45, 7) is 6.34. The van der Waals surface area contributed by atoms with Gasteiger partial charge in [0.05, 0.1) is 6.10 Å². The lowest BCUT2D eigenvalue weighted by molar-refractivity contribution is -0.578. The first-order valence-corrected chi connectivity index (χ1v) is 12.8. The molecule has 4 aliphatic heterocycles. The molecule has 5 fully saturated rings. The van der Waals surface area contributed by atoms with Crippen LogP contribution in [-0.4, -0.2) is 35.0 Å². The number of benzene rings is 1. The van der Waals surface area contributed by atoms with Crippen LogP contribution in [-0.2, 0) is 28.8 Å². The molecule has 0 radical (unpaired) electrons. The van der Waals surface area contributed by atoms with Crippen LogP contribution in [0.25, 0.3) is 0 Å². The molecule has 1 aromatic carbocycles. The number of halogens is 1. The average molecular weight is 525 g/mol. The molecule has 33 heavy (non-hydrogen) atoms. The lowest BCUT2D eigenvalue weighted by Gasteiger charge is -2.60. The molecule has 7 nitrogen and oxygen atoms in total. The monoisotopic (exact) mass is 524 g/mol. The summed E-state index contributed by atoms with van der Waals surface area (Å²) >= 11 is 3.47. The fraction of sp³-hybridized carbons (Fsp3) is 0.720. The largest absolute Gasteiger partial charge is 0.481 e. The zero-order chi connectivity index (χ0) is 23.4. The molecule has 1 aromatic rings. The van der Waals surface area contributed by atoms with Crippen molar-refractivity contribution in [2.45, 2.75) is 89.4 Å². The molecule has 1 N–H and O–H groups in total. The molecule has 4 heterocycles. The minimum absolute atomic E-state index is 0.0176. The first-order valence-electron chi connectivity index (χ1n) is 12.0. The van der Waals surface area contributed by atoms with Crippen molar-refractivity contribution >= 4 is 21.9 Å². The van der Waals surface area contributed by atoms with Crippen LogP contribution in [0.4, 0.5) is 0 Å². The topological polar surface area (TPSA) is 83.5 Å². The van der Waals surface area contributed by atoms with Gasteiger partial charge in [0.25, 0.3) is 0 Å². The van der Waals surface area contributed by atoms with Crippen molar-refractivity contribution in [1.29, 1.82) is 0 Å². The van der Waals surface area contributed by atoms with Crippen LogP contribution in [0, 0.1) is 23.7 Å². The SMILES string of the molecule is C[C@@H]1CCC2[C@@H](C)[C@@H](OC(CCC(=O)O)c3ccc(Br)cc3)O[C@@H]3O[C@@]4(C)CC[C@@H]1[C@@]23OO4. The van der Waals surface area contributed by atoms with E-state index in [-0.39, 0.29) is 18.3 Å². The number of fused-ring (bicyclic) bond motifs is 2. The molecule has 1 aliphatic carbocycles. The average Bonchev–Trinajstić information content (AvgIpc) is 3.01. The van der Waals surface area contributed by atoms with Crippen molar-refractivity contribution in [2.75, 3.05) is 0 Å². The van der Waals surface area contributed by atoms with Crippen molar-refractivity contribution < 1.29 is 33.9 Å². The highest BCUT2D eigenvalue weighted by atomic mass is 79.9. The van der Waals surface area contributed by atoms with Gasteiger partial charge in [-0.3, -0.25) is 4.79 Å². The van der Waals surface area contributed by atoms with Crippen LogP contribution < -0.4 is 0 Å². The standard InChI is InChI=1S/C25H33BrO7/c1-14-4-9-19-15(2)22(29-20(10-11-21(27)28)16-5-7-17(26)8-6-16)30-23-25(19)18(14)12-13-24(3,31-23)32-33-25/h5-8,14-15,18-20,22-23H,4,9-13H2,1-3H3,(H,27,28)/t14-,15-,18+,19?,20?,22+,23-,24-,25-/m1/s1. The highest BCUT2D eigenvalue weighted by Gasteiger charge is 2.69. The Morgan fingerprint density at radius 1 is 1.18 bits per heavy atom. The lowest BCUT2D eigenvalue weighted by atomic mass is 9.58. The Morgan fingerprint density at radius 3 is 2.67 bits per heavy atom. The van der Waals surface area contributed by atoms with E-state index in [9.17, 15) is 9.90 Å². The van der Waals surface area contributed by atoms with E-state index in [0.29, 0.717) is 18.3 Å². The Labute approximate surface area is 203 Å².